The number of benzene rings is 2. The Morgan fingerprint density at radius 2 is 1.70 bits per heavy atom. The second-order valence-corrected chi connectivity index (χ2v) is 9.57. The molecule has 0 aliphatic carbocycles. The molecular formula is C23H31N3O3S. The van der Waals surface area contributed by atoms with Gasteiger partial charge in [-0.1, -0.05) is 44.2 Å². The van der Waals surface area contributed by atoms with Crippen molar-refractivity contribution in [3.63, 3.8) is 0 Å². The molecule has 1 amide bonds. The maximum atomic E-state index is 13.0. The molecule has 2 aromatic carbocycles. The molecule has 0 spiro atoms. The number of carbonyl (C=O) groups excluding carboxylic acids is 1. The minimum Gasteiger partial charge on any atom is -0.310 e. The van der Waals surface area contributed by atoms with Crippen molar-refractivity contribution in [3.8, 4) is 0 Å². The lowest BCUT2D eigenvalue weighted by Crippen LogP contribution is -2.45. The number of rotatable bonds is 8. The van der Waals surface area contributed by atoms with Crippen LogP contribution in [-0.2, 0) is 21.2 Å². The smallest absolute Gasteiger partial charge is 0.243 e. The third-order valence-corrected chi connectivity index (χ3v) is 7.81. The Labute approximate surface area is 179 Å². The van der Waals surface area contributed by atoms with Crippen LogP contribution >= 0.6 is 0 Å². The number of nitrogens with zero attached hydrogens (tertiary/aromatic N) is 2. The average Bonchev–Trinajstić information content (AvgIpc) is 3.18. The minimum absolute atomic E-state index is 0.0486. The molecule has 0 unspecified atom stereocenters. The van der Waals surface area contributed by atoms with Gasteiger partial charge < -0.3 is 4.90 Å². The molecule has 2 aromatic rings. The minimum atomic E-state index is -3.47. The first-order valence-corrected chi connectivity index (χ1v) is 12.0. The number of amides is 1. The molecule has 2 atom stereocenters. The van der Waals surface area contributed by atoms with Crippen LogP contribution in [0, 0.1) is 0 Å². The van der Waals surface area contributed by atoms with Crippen molar-refractivity contribution in [1.82, 2.24) is 9.62 Å². The van der Waals surface area contributed by atoms with E-state index in [4.69, 9.17) is 0 Å². The second-order valence-electron chi connectivity index (χ2n) is 7.64. The Kier molecular flexibility index (Phi) is 6.95. The van der Waals surface area contributed by atoms with Crippen molar-refractivity contribution in [2.24, 2.45) is 0 Å². The van der Waals surface area contributed by atoms with Gasteiger partial charge in [0.1, 0.15) is 0 Å². The third-order valence-electron chi connectivity index (χ3n) is 5.75. The van der Waals surface area contributed by atoms with Crippen LogP contribution in [0.15, 0.2) is 53.4 Å². The van der Waals surface area contributed by atoms with Gasteiger partial charge in [-0.05, 0) is 49.6 Å². The highest BCUT2D eigenvalue weighted by Gasteiger charge is 2.28. The lowest BCUT2D eigenvalue weighted by Gasteiger charge is -2.25. The van der Waals surface area contributed by atoms with E-state index in [9.17, 15) is 13.2 Å². The van der Waals surface area contributed by atoms with Gasteiger partial charge in [0.25, 0.3) is 0 Å². The summed E-state index contributed by atoms with van der Waals surface area (Å²) in [4.78, 5) is 15.1. The number of carbonyl (C=O) groups is 1. The van der Waals surface area contributed by atoms with E-state index >= 15 is 0 Å². The molecule has 0 fully saturated rings. The maximum absolute atomic E-state index is 13.0. The summed E-state index contributed by atoms with van der Waals surface area (Å²) < 4.78 is 26.7. The molecule has 162 valence electrons. The van der Waals surface area contributed by atoms with Crippen LogP contribution in [0.1, 0.15) is 44.9 Å². The SMILES string of the molecule is CCN(CC)S(=O)(=O)c1ccc([C@H](C)N[C@H](C)C(=O)N2CCc3ccccc32)cc1. The van der Waals surface area contributed by atoms with E-state index in [1.807, 2.05) is 62.9 Å². The van der Waals surface area contributed by atoms with Crippen LogP contribution in [0.5, 0.6) is 0 Å². The van der Waals surface area contributed by atoms with Crippen molar-refractivity contribution in [2.75, 3.05) is 24.5 Å². The van der Waals surface area contributed by atoms with Gasteiger partial charge in [-0.25, -0.2) is 8.42 Å². The summed E-state index contributed by atoms with van der Waals surface area (Å²) in [6.07, 6.45) is 0.882. The van der Waals surface area contributed by atoms with Crippen LogP contribution in [0.2, 0.25) is 0 Å². The first-order chi connectivity index (χ1) is 14.3. The van der Waals surface area contributed by atoms with Gasteiger partial charge in [-0.3, -0.25) is 10.1 Å². The van der Waals surface area contributed by atoms with E-state index in [2.05, 4.69) is 11.4 Å². The summed E-state index contributed by atoms with van der Waals surface area (Å²) in [5, 5.41) is 3.36. The second kappa shape index (κ2) is 9.29. The molecule has 1 aliphatic rings. The van der Waals surface area contributed by atoms with Gasteiger partial charge in [-0.15, -0.1) is 0 Å². The Balaban J connectivity index is 1.67. The van der Waals surface area contributed by atoms with Crippen molar-refractivity contribution in [2.45, 2.75) is 51.1 Å². The van der Waals surface area contributed by atoms with Crippen LogP contribution in [0.3, 0.4) is 0 Å². The molecule has 0 radical (unpaired) electrons. The van der Waals surface area contributed by atoms with Crippen LogP contribution in [0.4, 0.5) is 5.69 Å². The third kappa shape index (κ3) is 4.43. The number of nitrogens with one attached hydrogen (secondary N) is 1. The Bertz CT molecular complexity index is 985. The van der Waals surface area contributed by atoms with E-state index in [1.165, 1.54) is 9.87 Å². The van der Waals surface area contributed by atoms with Crippen molar-refractivity contribution in [1.29, 1.82) is 0 Å². The summed E-state index contributed by atoms with van der Waals surface area (Å²) in [6, 6.07) is 14.5. The van der Waals surface area contributed by atoms with Crippen molar-refractivity contribution >= 4 is 21.6 Å². The van der Waals surface area contributed by atoms with Gasteiger partial charge in [0.15, 0.2) is 0 Å². The molecule has 7 heteroatoms. The molecule has 1 N–H and O–H groups in total. The average molecular weight is 430 g/mol. The van der Waals surface area contributed by atoms with E-state index < -0.39 is 10.0 Å². The van der Waals surface area contributed by atoms with Crippen molar-refractivity contribution in [3.05, 3.63) is 59.7 Å². The molecule has 1 heterocycles. The molecule has 30 heavy (non-hydrogen) atoms. The summed E-state index contributed by atoms with van der Waals surface area (Å²) >= 11 is 0. The summed E-state index contributed by atoms with van der Waals surface area (Å²) in [7, 11) is -3.47. The lowest BCUT2D eigenvalue weighted by atomic mass is 10.1. The Hall–Kier alpha value is -2.22. The maximum Gasteiger partial charge on any atom is 0.243 e. The number of hydrogen-bond acceptors (Lipinski definition) is 4. The molecular weight excluding hydrogens is 398 g/mol. The lowest BCUT2D eigenvalue weighted by molar-refractivity contribution is -0.120. The summed E-state index contributed by atoms with van der Waals surface area (Å²) in [5.41, 5.74) is 3.14. The molecule has 0 bridgehead atoms. The zero-order chi connectivity index (χ0) is 21.9. The van der Waals surface area contributed by atoms with Gasteiger partial charge in [0, 0.05) is 31.4 Å². The fraction of sp³-hybridized carbons (Fsp3) is 0.435. The monoisotopic (exact) mass is 429 g/mol. The quantitative estimate of drug-likeness (QED) is 0.699. The van der Waals surface area contributed by atoms with E-state index in [-0.39, 0.29) is 18.0 Å². The number of hydrogen-bond donors (Lipinski definition) is 1. The predicted octanol–water partition coefficient (Wildman–Crippen LogP) is 3.35. The van der Waals surface area contributed by atoms with E-state index in [1.54, 1.807) is 12.1 Å². The highest BCUT2D eigenvalue weighted by atomic mass is 32.2. The van der Waals surface area contributed by atoms with Crippen molar-refractivity contribution < 1.29 is 13.2 Å². The van der Waals surface area contributed by atoms with Crippen LogP contribution in [0.25, 0.3) is 0 Å². The highest BCUT2D eigenvalue weighted by Crippen LogP contribution is 2.28. The number of anilines is 1. The van der Waals surface area contributed by atoms with E-state index in [0.29, 0.717) is 24.5 Å². The van der Waals surface area contributed by atoms with E-state index in [0.717, 1.165) is 17.7 Å². The molecule has 1 aliphatic heterocycles. The molecule has 0 aromatic heterocycles. The Morgan fingerprint density at radius 1 is 1.07 bits per heavy atom. The van der Waals surface area contributed by atoms with Crippen LogP contribution < -0.4 is 10.2 Å². The van der Waals surface area contributed by atoms with Gasteiger partial charge in [0.05, 0.1) is 10.9 Å². The number of fused-ring (bicyclic) bond motifs is 1. The Morgan fingerprint density at radius 3 is 2.33 bits per heavy atom. The predicted molar refractivity (Wildman–Crippen MR) is 120 cm³/mol. The zero-order valence-electron chi connectivity index (χ0n) is 18.1. The van der Waals surface area contributed by atoms with Crippen LogP contribution in [-0.4, -0.2) is 44.3 Å². The summed E-state index contributed by atoms with van der Waals surface area (Å²) in [6.45, 7) is 9.11. The molecule has 0 saturated carbocycles. The summed E-state index contributed by atoms with van der Waals surface area (Å²) in [5.74, 6) is 0.0486. The first-order valence-electron chi connectivity index (χ1n) is 10.5. The normalized spacial score (nSPS) is 15.8. The van der Waals surface area contributed by atoms with Gasteiger partial charge in [-0.2, -0.15) is 4.31 Å². The first kappa shape index (κ1) is 22.5. The zero-order valence-corrected chi connectivity index (χ0v) is 18.9. The van der Waals surface area contributed by atoms with Gasteiger partial charge >= 0.3 is 0 Å². The molecule has 3 rings (SSSR count). The topological polar surface area (TPSA) is 69.7 Å². The van der Waals surface area contributed by atoms with Gasteiger partial charge in [0.2, 0.25) is 15.9 Å². The standard InChI is InChI=1S/C23H31N3O3S/c1-5-25(6-2)30(28,29)21-13-11-19(12-14-21)17(3)24-18(4)23(27)26-16-15-20-9-7-8-10-22(20)26/h7-14,17-18,24H,5-6,15-16H2,1-4H3/t17-,18+/m0/s1. The molecule has 6 nitrogen and oxygen atoms in total. The number of sulfonamides is 1. The largest absolute Gasteiger partial charge is 0.310 e. The number of para-hydroxylation sites is 1. The molecule has 0 saturated heterocycles. The fourth-order valence-electron chi connectivity index (χ4n) is 3.98. The fourth-order valence-corrected chi connectivity index (χ4v) is 5.44. The highest BCUT2D eigenvalue weighted by molar-refractivity contribution is 7.89.